The van der Waals surface area contributed by atoms with Crippen molar-refractivity contribution >= 4 is 15.9 Å². The monoisotopic (exact) mass is 369 g/mol. The molecular formula is C18H27NO5S. The molecule has 2 rings (SSSR count). The van der Waals surface area contributed by atoms with Crippen LogP contribution in [-0.4, -0.2) is 51.0 Å². The Hall–Kier alpha value is -1.76. The molecule has 0 bridgehead atoms. The minimum atomic E-state index is -3.20. The molecule has 1 atom stereocenters. The number of benzene rings is 1. The third-order valence-corrected chi connectivity index (χ3v) is 5.04. The number of carbonyl (C=O) groups is 1. The highest BCUT2D eigenvalue weighted by Gasteiger charge is 2.27. The van der Waals surface area contributed by atoms with Gasteiger partial charge in [-0.25, -0.2) is 13.2 Å². The minimum absolute atomic E-state index is 0.232. The first-order valence-corrected chi connectivity index (χ1v) is 10.3. The molecule has 0 radical (unpaired) electrons. The van der Waals surface area contributed by atoms with Gasteiger partial charge in [0.05, 0.1) is 11.5 Å². The van der Waals surface area contributed by atoms with Crippen LogP contribution in [0, 0.1) is 5.92 Å². The Labute approximate surface area is 150 Å². The minimum Gasteiger partial charge on any atom is -0.493 e. The van der Waals surface area contributed by atoms with Gasteiger partial charge in [-0.05, 0) is 57.9 Å². The van der Waals surface area contributed by atoms with E-state index in [1.54, 1.807) is 29.2 Å². The molecular weight excluding hydrogens is 342 g/mol. The van der Waals surface area contributed by atoms with Gasteiger partial charge in [-0.3, -0.25) is 0 Å². The average molecular weight is 369 g/mol. The van der Waals surface area contributed by atoms with Gasteiger partial charge < -0.3 is 14.4 Å². The lowest BCUT2D eigenvalue weighted by molar-refractivity contribution is 0.0139. The second kappa shape index (κ2) is 7.64. The van der Waals surface area contributed by atoms with Crippen LogP contribution in [-0.2, 0) is 14.6 Å². The standard InChI is InChI=1S/C18H27NO5S/c1-18(2,3)24-17(20)19-11-5-6-14(12-19)13-23-15-7-9-16(10-8-15)25(4,21)22/h7-10,14H,5-6,11-13H2,1-4H3. The summed E-state index contributed by atoms with van der Waals surface area (Å²) in [6.45, 7) is 7.36. The van der Waals surface area contributed by atoms with Crippen LogP contribution in [0.5, 0.6) is 5.75 Å². The predicted molar refractivity (Wildman–Crippen MR) is 95.6 cm³/mol. The Bertz CT molecular complexity index is 691. The predicted octanol–water partition coefficient (Wildman–Crippen LogP) is 3.12. The zero-order valence-electron chi connectivity index (χ0n) is 15.3. The molecule has 0 saturated carbocycles. The Kier molecular flexibility index (Phi) is 5.98. The number of rotatable bonds is 4. The lowest BCUT2D eigenvalue weighted by atomic mass is 9.99. The molecule has 140 valence electrons. The summed E-state index contributed by atoms with van der Waals surface area (Å²) in [6, 6.07) is 6.40. The normalized spacial score (nSPS) is 18.7. The van der Waals surface area contributed by atoms with Crippen LogP contribution in [0.1, 0.15) is 33.6 Å². The van der Waals surface area contributed by atoms with E-state index < -0.39 is 15.4 Å². The molecule has 1 aromatic rings. The van der Waals surface area contributed by atoms with Crippen LogP contribution < -0.4 is 4.74 Å². The van der Waals surface area contributed by atoms with Gasteiger partial charge in [-0.15, -0.1) is 0 Å². The maximum atomic E-state index is 12.2. The molecule has 1 fully saturated rings. The molecule has 0 aromatic heterocycles. The smallest absolute Gasteiger partial charge is 0.410 e. The summed E-state index contributed by atoms with van der Waals surface area (Å²) < 4.78 is 34.1. The SMILES string of the molecule is CC(C)(C)OC(=O)N1CCCC(COc2ccc(S(C)(=O)=O)cc2)C1. The van der Waals surface area contributed by atoms with E-state index >= 15 is 0 Å². The number of amides is 1. The topological polar surface area (TPSA) is 72.9 Å². The Morgan fingerprint density at radius 1 is 1.24 bits per heavy atom. The third kappa shape index (κ3) is 6.23. The van der Waals surface area contributed by atoms with Crippen LogP contribution in [0.2, 0.25) is 0 Å². The quantitative estimate of drug-likeness (QED) is 0.815. The fourth-order valence-corrected chi connectivity index (χ4v) is 3.32. The fraction of sp³-hybridized carbons (Fsp3) is 0.611. The number of sulfone groups is 1. The molecule has 1 unspecified atom stereocenters. The summed E-state index contributed by atoms with van der Waals surface area (Å²) in [5, 5.41) is 0. The van der Waals surface area contributed by atoms with Gasteiger partial charge in [0.2, 0.25) is 0 Å². The molecule has 1 heterocycles. The van der Waals surface area contributed by atoms with Gasteiger partial charge in [0.25, 0.3) is 0 Å². The van der Waals surface area contributed by atoms with E-state index in [1.165, 1.54) is 6.26 Å². The number of ether oxygens (including phenoxy) is 2. The number of hydrogen-bond donors (Lipinski definition) is 0. The van der Waals surface area contributed by atoms with Crippen LogP contribution >= 0.6 is 0 Å². The molecule has 0 aliphatic carbocycles. The summed E-state index contributed by atoms with van der Waals surface area (Å²) in [6.07, 6.45) is 2.80. The Balaban J connectivity index is 1.87. The van der Waals surface area contributed by atoms with Crippen LogP contribution in [0.4, 0.5) is 4.79 Å². The van der Waals surface area contributed by atoms with E-state index in [0.717, 1.165) is 12.8 Å². The van der Waals surface area contributed by atoms with Crippen molar-refractivity contribution in [3.63, 3.8) is 0 Å². The molecule has 25 heavy (non-hydrogen) atoms. The molecule has 1 aliphatic heterocycles. The average Bonchev–Trinajstić information content (AvgIpc) is 2.51. The van der Waals surface area contributed by atoms with Crippen LogP contribution in [0.25, 0.3) is 0 Å². The maximum absolute atomic E-state index is 12.2. The lowest BCUT2D eigenvalue weighted by Crippen LogP contribution is -2.44. The van der Waals surface area contributed by atoms with Gasteiger partial charge in [-0.1, -0.05) is 0 Å². The van der Waals surface area contributed by atoms with Crippen molar-refractivity contribution in [2.45, 2.75) is 44.1 Å². The van der Waals surface area contributed by atoms with Gasteiger partial charge in [0, 0.05) is 25.3 Å². The summed E-state index contributed by atoms with van der Waals surface area (Å²) in [5.41, 5.74) is -0.498. The van der Waals surface area contributed by atoms with Crippen molar-refractivity contribution in [3.05, 3.63) is 24.3 Å². The molecule has 7 heteroatoms. The van der Waals surface area contributed by atoms with E-state index in [9.17, 15) is 13.2 Å². The van der Waals surface area contributed by atoms with Gasteiger partial charge >= 0.3 is 6.09 Å². The lowest BCUT2D eigenvalue weighted by Gasteiger charge is -2.34. The second-order valence-electron chi connectivity index (χ2n) is 7.49. The van der Waals surface area contributed by atoms with Gasteiger partial charge in [0.1, 0.15) is 11.4 Å². The molecule has 1 amide bonds. The molecule has 0 N–H and O–H groups in total. The van der Waals surface area contributed by atoms with Crippen molar-refractivity contribution in [2.24, 2.45) is 5.92 Å². The highest BCUT2D eigenvalue weighted by atomic mass is 32.2. The Morgan fingerprint density at radius 2 is 1.88 bits per heavy atom. The number of carbonyl (C=O) groups excluding carboxylic acids is 1. The van der Waals surface area contributed by atoms with Crippen LogP contribution in [0.3, 0.4) is 0 Å². The number of piperidine rings is 1. The molecule has 6 nitrogen and oxygen atoms in total. The van der Waals surface area contributed by atoms with Crippen molar-refractivity contribution in [1.82, 2.24) is 4.90 Å². The summed E-state index contributed by atoms with van der Waals surface area (Å²) in [4.78, 5) is 14.2. The van der Waals surface area contributed by atoms with Crippen LogP contribution in [0.15, 0.2) is 29.2 Å². The first kappa shape index (κ1) is 19.6. The summed E-state index contributed by atoms with van der Waals surface area (Å²) in [7, 11) is -3.20. The number of likely N-dealkylation sites (tertiary alicyclic amines) is 1. The van der Waals surface area contributed by atoms with E-state index in [-0.39, 0.29) is 16.9 Å². The first-order valence-electron chi connectivity index (χ1n) is 8.45. The zero-order valence-corrected chi connectivity index (χ0v) is 16.1. The molecule has 0 spiro atoms. The number of nitrogens with zero attached hydrogens (tertiary/aromatic N) is 1. The van der Waals surface area contributed by atoms with E-state index in [2.05, 4.69) is 0 Å². The van der Waals surface area contributed by atoms with E-state index in [1.807, 2.05) is 20.8 Å². The van der Waals surface area contributed by atoms with E-state index in [0.29, 0.717) is 25.4 Å². The van der Waals surface area contributed by atoms with Crippen molar-refractivity contribution in [3.8, 4) is 5.75 Å². The fourth-order valence-electron chi connectivity index (χ4n) is 2.69. The van der Waals surface area contributed by atoms with Gasteiger partial charge in [-0.2, -0.15) is 0 Å². The summed E-state index contributed by atoms with van der Waals surface area (Å²) >= 11 is 0. The largest absolute Gasteiger partial charge is 0.493 e. The zero-order chi connectivity index (χ0) is 18.7. The Morgan fingerprint density at radius 3 is 2.44 bits per heavy atom. The van der Waals surface area contributed by atoms with Crippen molar-refractivity contribution in [2.75, 3.05) is 26.0 Å². The summed E-state index contributed by atoms with van der Waals surface area (Å²) in [5.74, 6) is 0.859. The van der Waals surface area contributed by atoms with Gasteiger partial charge in [0.15, 0.2) is 9.84 Å². The molecule has 1 saturated heterocycles. The van der Waals surface area contributed by atoms with Crippen molar-refractivity contribution < 1.29 is 22.7 Å². The first-order chi connectivity index (χ1) is 11.5. The molecule has 1 aliphatic rings. The molecule has 1 aromatic carbocycles. The maximum Gasteiger partial charge on any atom is 0.410 e. The van der Waals surface area contributed by atoms with E-state index in [4.69, 9.17) is 9.47 Å². The third-order valence-electron chi connectivity index (χ3n) is 3.91. The highest BCUT2D eigenvalue weighted by Crippen LogP contribution is 2.22. The highest BCUT2D eigenvalue weighted by molar-refractivity contribution is 7.90. The second-order valence-corrected chi connectivity index (χ2v) is 9.50. The number of hydrogen-bond acceptors (Lipinski definition) is 5. The van der Waals surface area contributed by atoms with Crippen molar-refractivity contribution in [1.29, 1.82) is 0 Å².